The Kier molecular flexibility index (Phi) is 7.14. The van der Waals surface area contributed by atoms with Gasteiger partial charge in [0.05, 0.1) is 16.0 Å². The number of hydrogen-bond donors (Lipinski definition) is 1. The third-order valence-corrected chi connectivity index (χ3v) is 6.26. The number of carbonyl (C=O) groups excluding carboxylic acids is 1. The van der Waals surface area contributed by atoms with Crippen LogP contribution in [0.15, 0.2) is 71.6 Å². The predicted octanol–water partition coefficient (Wildman–Crippen LogP) is 7.46. The van der Waals surface area contributed by atoms with Gasteiger partial charge in [-0.3, -0.25) is 4.79 Å². The van der Waals surface area contributed by atoms with Crippen molar-refractivity contribution in [3.8, 4) is 16.9 Å². The van der Waals surface area contributed by atoms with Crippen LogP contribution in [0.25, 0.3) is 17.2 Å². The number of thioether (sulfide) groups is 1. The lowest BCUT2D eigenvalue weighted by Gasteiger charge is -2.16. The minimum Gasteiger partial charge on any atom is -0.488 e. The van der Waals surface area contributed by atoms with E-state index in [9.17, 15) is 31.1 Å². The van der Waals surface area contributed by atoms with Crippen LogP contribution in [0.2, 0.25) is 0 Å². The first-order valence-electron chi connectivity index (χ1n) is 10.3. The van der Waals surface area contributed by atoms with Gasteiger partial charge in [0.1, 0.15) is 16.7 Å². The maximum Gasteiger partial charge on any atom is 0.416 e. The van der Waals surface area contributed by atoms with Crippen LogP contribution in [-0.2, 0) is 23.8 Å². The number of hydrogen-bond acceptors (Lipinski definition) is 4. The Morgan fingerprint density at radius 3 is 2.06 bits per heavy atom. The lowest BCUT2D eigenvalue weighted by Crippen LogP contribution is -2.17. The summed E-state index contributed by atoms with van der Waals surface area (Å²) in [6.07, 6.45) is -8.52. The second-order valence-corrected chi connectivity index (χ2v) is 9.39. The van der Waals surface area contributed by atoms with Gasteiger partial charge in [-0.2, -0.15) is 26.3 Å². The van der Waals surface area contributed by atoms with Gasteiger partial charge in [-0.15, -0.1) is 0 Å². The maximum absolute atomic E-state index is 13.4. The Balaban J connectivity index is 1.80. The third-order valence-electron chi connectivity index (χ3n) is 5.10. The minimum atomic E-state index is -4.98. The quantitative estimate of drug-likeness (QED) is 0.208. The molecule has 1 heterocycles. The fourth-order valence-corrected chi connectivity index (χ4v) is 4.43. The molecule has 0 radical (unpaired) electrons. The minimum absolute atomic E-state index is 0.0736. The first kappa shape index (κ1) is 25.8. The molecule has 4 rings (SSSR count). The average molecular weight is 540 g/mol. The smallest absolute Gasteiger partial charge is 0.416 e. The largest absolute Gasteiger partial charge is 0.488 e. The number of halogens is 6. The molecule has 0 aromatic heterocycles. The number of thiocarbonyl (C=S) groups is 1. The third kappa shape index (κ3) is 6.08. The molecule has 1 N–H and O–H groups in total. The van der Waals surface area contributed by atoms with Crippen LogP contribution in [0.4, 0.5) is 26.3 Å². The molecule has 1 saturated heterocycles. The summed E-state index contributed by atoms with van der Waals surface area (Å²) in [4.78, 5) is 12.4. The van der Waals surface area contributed by atoms with Crippen molar-refractivity contribution >= 4 is 40.3 Å². The van der Waals surface area contributed by atoms with E-state index in [0.29, 0.717) is 12.1 Å². The zero-order chi connectivity index (χ0) is 26.1. The SMILES string of the molecule is O=C1NC(=S)SC1=Cc1cc(-c2cc(C(F)(F)F)cc(C(F)(F)F)c2)ccc1OCc1ccccc1. The molecule has 0 aliphatic carbocycles. The van der Waals surface area contributed by atoms with Gasteiger partial charge in [-0.25, -0.2) is 0 Å². The lowest BCUT2D eigenvalue weighted by atomic mass is 9.97. The van der Waals surface area contributed by atoms with Crippen molar-refractivity contribution in [2.24, 2.45) is 0 Å². The number of amides is 1. The molecule has 1 fully saturated rings. The number of ether oxygens (including phenoxy) is 1. The molecule has 0 spiro atoms. The van der Waals surface area contributed by atoms with E-state index in [0.717, 1.165) is 17.3 Å². The van der Waals surface area contributed by atoms with Crippen LogP contribution >= 0.6 is 24.0 Å². The number of rotatable bonds is 5. The predicted molar refractivity (Wildman–Crippen MR) is 129 cm³/mol. The molecule has 3 aromatic carbocycles. The highest BCUT2D eigenvalue weighted by Gasteiger charge is 2.37. The molecule has 0 unspecified atom stereocenters. The van der Waals surface area contributed by atoms with Crippen LogP contribution in [0.5, 0.6) is 5.75 Å². The number of alkyl halides is 6. The van der Waals surface area contributed by atoms with Gasteiger partial charge >= 0.3 is 12.4 Å². The van der Waals surface area contributed by atoms with Gasteiger partial charge in [0.15, 0.2) is 0 Å². The summed E-state index contributed by atoms with van der Waals surface area (Å²) >= 11 is 5.97. The molecule has 0 bridgehead atoms. The summed E-state index contributed by atoms with van der Waals surface area (Å²) in [5.74, 6) is -0.188. The van der Waals surface area contributed by atoms with E-state index in [1.165, 1.54) is 24.3 Å². The summed E-state index contributed by atoms with van der Waals surface area (Å²) in [7, 11) is 0. The molecule has 3 aromatic rings. The highest BCUT2D eigenvalue weighted by Crippen LogP contribution is 2.40. The van der Waals surface area contributed by atoms with E-state index >= 15 is 0 Å². The van der Waals surface area contributed by atoms with Crippen molar-refractivity contribution in [3.05, 3.63) is 93.9 Å². The van der Waals surface area contributed by atoms with E-state index in [1.54, 1.807) is 0 Å². The van der Waals surface area contributed by atoms with Crippen LogP contribution in [0, 0.1) is 0 Å². The number of carbonyl (C=O) groups is 1. The molecule has 0 saturated carbocycles. The van der Waals surface area contributed by atoms with Crippen LogP contribution < -0.4 is 10.1 Å². The summed E-state index contributed by atoms with van der Waals surface area (Å²) in [5.41, 5.74) is -1.93. The van der Waals surface area contributed by atoms with Crippen LogP contribution in [0.3, 0.4) is 0 Å². The zero-order valence-corrected chi connectivity index (χ0v) is 19.7. The van der Waals surface area contributed by atoms with Gasteiger partial charge in [0.25, 0.3) is 5.91 Å². The number of nitrogens with one attached hydrogen (secondary N) is 1. The molecule has 0 atom stereocenters. The molecule has 1 amide bonds. The molecule has 36 heavy (non-hydrogen) atoms. The monoisotopic (exact) mass is 539 g/mol. The first-order valence-corrected chi connectivity index (χ1v) is 11.5. The first-order chi connectivity index (χ1) is 16.9. The summed E-state index contributed by atoms with van der Waals surface area (Å²) in [6, 6.07) is 14.7. The van der Waals surface area contributed by atoms with Crippen molar-refractivity contribution in [3.63, 3.8) is 0 Å². The molecule has 1 aliphatic rings. The van der Waals surface area contributed by atoms with E-state index in [1.807, 2.05) is 30.3 Å². The van der Waals surface area contributed by atoms with E-state index < -0.39 is 29.4 Å². The number of benzene rings is 3. The van der Waals surface area contributed by atoms with Crippen molar-refractivity contribution in [1.29, 1.82) is 0 Å². The molecular formula is C25H15F6NO2S2. The average Bonchev–Trinajstić information content (AvgIpc) is 3.13. The molecule has 186 valence electrons. The Bertz CT molecular complexity index is 1320. The van der Waals surface area contributed by atoms with Crippen molar-refractivity contribution in [2.75, 3.05) is 0 Å². The Morgan fingerprint density at radius 1 is 0.861 bits per heavy atom. The summed E-state index contributed by atoms with van der Waals surface area (Å²) < 4.78 is 86.2. The second-order valence-electron chi connectivity index (χ2n) is 7.67. The van der Waals surface area contributed by atoms with Gasteiger partial charge in [-0.1, -0.05) is 60.4 Å². The second kappa shape index (κ2) is 9.98. The van der Waals surface area contributed by atoms with Gasteiger partial charge < -0.3 is 10.1 Å². The normalized spacial score (nSPS) is 15.3. The molecule has 1 aliphatic heterocycles. The van der Waals surface area contributed by atoms with Gasteiger partial charge in [0, 0.05) is 5.56 Å². The van der Waals surface area contributed by atoms with Crippen molar-refractivity contribution in [1.82, 2.24) is 5.32 Å². The van der Waals surface area contributed by atoms with E-state index in [4.69, 9.17) is 17.0 Å². The maximum atomic E-state index is 13.4. The van der Waals surface area contributed by atoms with Gasteiger partial charge in [-0.05, 0) is 53.1 Å². The highest BCUT2D eigenvalue weighted by atomic mass is 32.2. The standard InChI is InChI=1S/C25H15F6NO2S2/c26-24(27,28)18-9-16(10-19(12-18)25(29,30)31)15-6-7-20(34-13-14-4-2-1-3-5-14)17(8-15)11-21-22(33)32-23(35)36-21/h1-12H,13H2,(H,32,33,35). The molecular weight excluding hydrogens is 524 g/mol. The van der Waals surface area contributed by atoms with E-state index in [2.05, 4.69) is 5.32 Å². The Morgan fingerprint density at radius 2 is 1.50 bits per heavy atom. The Hall–Kier alpha value is -3.31. The fourth-order valence-electron chi connectivity index (χ4n) is 3.39. The highest BCUT2D eigenvalue weighted by molar-refractivity contribution is 8.26. The summed E-state index contributed by atoms with van der Waals surface area (Å²) in [5, 5.41) is 2.46. The Labute approximate surface area is 211 Å². The van der Waals surface area contributed by atoms with Crippen molar-refractivity contribution in [2.45, 2.75) is 19.0 Å². The molecule has 11 heteroatoms. The van der Waals surface area contributed by atoms with Gasteiger partial charge in [0.2, 0.25) is 0 Å². The van der Waals surface area contributed by atoms with Crippen LogP contribution in [0.1, 0.15) is 22.3 Å². The summed E-state index contributed by atoms with van der Waals surface area (Å²) in [6.45, 7) is 0.149. The lowest BCUT2D eigenvalue weighted by molar-refractivity contribution is -0.143. The molecule has 3 nitrogen and oxygen atoms in total. The van der Waals surface area contributed by atoms with Crippen molar-refractivity contribution < 1.29 is 35.9 Å². The topological polar surface area (TPSA) is 38.3 Å². The van der Waals surface area contributed by atoms with Crippen LogP contribution in [-0.4, -0.2) is 10.2 Å². The fraction of sp³-hybridized carbons (Fsp3) is 0.120. The van der Waals surface area contributed by atoms with E-state index in [-0.39, 0.29) is 44.3 Å². The zero-order valence-electron chi connectivity index (χ0n) is 18.0.